The summed E-state index contributed by atoms with van der Waals surface area (Å²) < 4.78 is 0. The summed E-state index contributed by atoms with van der Waals surface area (Å²) in [5.74, 6) is -1.60. The number of hydrogen-bond donors (Lipinski definition) is 2. The molecule has 7 heteroatoms. The zero-order valence-electron chi connectivity index (χ0n) is 11.0. The average Bonchev–Trinajstić information content (AvgIpc) is 2.93. The molecule has 0 bridgehead atoms. The number of carbonyl (C=O) groups is 2. The average molecular weight is 291 g/mol. The van der Waals surface area contributed by atoms with Crippen molar-refractivity contribution in [3.8, 4) is 0 Å². The Morgan fingerprint density at radius 1 is 1.30 bits per heavy atom. The monoisotopic (exact) mass is 291 g/mol. The molecule has 0 aliphatic carbocycles. The summed E-state index contributed by atoms with van der Waals surface area (Å²) in [7, 11) is 0. The van der Waals surface area contributed by atoms with Gasteiger partial charge < -0.3 is 10.4 Å². The molecule has 0 spiro atoms. The number of carbonyl (C=O) groups excluding carboxylic acids is 1. The van der Waals surface area contributed by atoms with Crippen LogP contribution in [0.15, 0.2) is 29.8 Å². The van der Waals surface area contributed by atoms with Crippen molar-refractivity contribution in [3.63, 3.8) is 0 Å². The van der Waals surface area contributed by atoms with E-state index in [9.17, 15) is 9.59 Å². The van der Waals surface area contributed by atoms with Gasteiger partial charge in [0.25, 0.3) is 5.91 Å². The van der Waals surface area contributed by atoms with Crippen molar-refractivity contribution in [2.75, 3.05) is 0 Å². The second-order valence-electron chi connectivity index (χ2n) is 4.63. The molecule has 20 heavy (non-hydrogen) atoms. The molecule has 0 unspecified atom stereocenters. The predicted molar refractivity (Wildman–Crippen MR) is 73.8 cm³/mol. The molecule has 2 N–H and O–H groups in total. The largest absolute Gasteiger partial charge is 0.477 e. The SMILES string of the molecule is CC(C)(NC(=O)c1cccc(C(=O)O)n1)c1nccs1. The zero-order valence-corrected chi connectivity index (χ0v) is 11.8. The van der Waals surface area contributed by atoms with E-state index >= 15 is 0 Å². The molecule has 2 heterocycles. The molecule has 6 nitrogen and oxygen atoms in total. The van der Waals surface area contributed by atoms with Crippen molar-refractivity contribution in [3.05, 3.63) is 46.2 Å². The van der Waals surface area contributed by atoms with Crippen LogP contribution in [-0.4, -0.2) is 27.0 Å². The quantitative estimate of drug-likeness (QED) is 0.897. The van der Waals surface area contributed by atoms with E-state index in [0.717, 1.165) is 5.01 Å². The van der Waals surface area contributed by atoms with E-state index in [0.29, 0.717) is 0 Å². The lowest BCUT2D eigenvalue weighted by atomic mass is 10.1. The lowest BCUT2D eigenvalue weighted by Crippen LogP contribution is -2.41. The molecule has 0 aliphatic rings. The summed E-state index contributed by atoms with van der Waals surface area (Å²) in [6, 6.07) is 4.30. The summed E-state index contributed by atoms with van der Waals surface area (Å²) in [5.41, 5.74) is -0.745. The highest BCUT2D eigenvalue weighted by Crippen LogP contribution is 2.22. The Kier molecular flexibility index (Phi) is 3.80. The fourth-order valence-electron chi connectivity index (χ4n) is 1.61. The first-order valence-corrected chi connectivity index (χ1v) is 6.71. The molecule has 0 fully saturated rings. The number of pyridine rings is 1. The molecular weight excluding hydrogens is 278 g/mol. The zero-order chi connectivity index (χ0) is 14.8. The molecule has 0 aliphatic heterocycles. The lowest BCUT2D eigenvalue weighted by molar-refractivity contribution is 0.0690. The molecular formula is C13H13N3O3S. The number of carboxylic acids is 1. The Morgan fingerprint density at radius 3 is 2.60 bits per heavy atom. The van der Waals surface area contributed by atoms with Crippen LogP contribution in [0, 0.1) is 0 Å². The van der Waals surface area contributed by atoms with Crippen LogP contribution in [0.1, 0.15) is 39.8 Å². The van der Waals surface area contributed by atoms with E-state index < -0.39 is 17.4 Å². The third kappa shape index (κ3) is 3.00. The number of nitrogens with zero attached hydrogens (tertiary/aromatic N) is 2. The number of rotatable bonds is 4. The Morgan fingerprint density at radius 2 is 2.00 bits per heavy atom. The van der Waals surface area contributed by atoms with E-state index in [1.807, 2.05) is 19.2 Å². The van der Waals surface area contributed by atoms with Gasteiger partial charge in [-0.3, -0.25) is 4.79 Å². The van der Waals surface area contributed by atoms with Gasteiger partial charge >= 0.3 is 5.97 Å². The highest BCUT2D eigenvalue weighted by molar-refractivity contribution is 7.09. The fraction of sp³-hybridized carbons (Fsp3) is 0.231. The molecule has 0 radical (unpaired) electrons. The number of carboxylic acid groups (broad SMARTS) is 1. The van der Waals surface area contributed by atoms with Crippen molar-refractivity contribution in [2.24, 2.45) is 0 Å². The van der Waals surface area contributed by atoms with Crippen LogP contribution >= 0.6 is 11.3 Å². The first kappa shape index (κ1) is 14.1. The molecule has 0 saturated carbocycles. The number of amides is 1. The maximum atomic E-state index is 12.1. The smallest absolute Gasteiger partial charge is 0.354 e. The Bertz CT molecular complexity index is 638. The molecule has 1 amide bonds. The van der Waals surface area contributed by atoms with Gasteiger partial charge in [-0.05, 0) is 26.0 Å². The van der Waals surface area contributed by atoms with Gasteiger partial charge in [0.1, 0.15) is 16.4 Å². The first-order chi connectivity index (χ1) is 9.40. The highest BCUT2D eigenvalue weighted by atomic mass is 32.1. The summed E-state index contributed by atoms with van der Waals surface area (Å²) in [5, 5.41) is 14.3. The van der Waals surface area contributed by atoms with Gasteiger partial charge in [-0.15, -0.1) is 11.3 Å². The van der Waals surface area contributed by atoms with Crippen molar-refractivity contribution in [1.29, 1.82) is 0 Å². The van der Waals surface area contributed by atoms with E-state index in [4.69, 9.17) is 5.11 Å². The van der Waals surface area contributed by atoms with Gasteiger partial charge in [0.15, 0.2) is 0 Å². The van der Waals surface area contributed by atoms with Crippen LogP contribution in [0.3, 0.4) is 0 Å². The number of nitrogens with one attached hydrogen (secondary N) is 1. The molecule has 0 saturated heterocycles. The maximum Gasteiger partial charge on any atom is 0.354 e. The van der Waals surface area contributed by atoms with Gasteiger partial charge in [0.2, 0.25) is 0 Å². The van der Waals surface area contributed by atoms with E-state index in [1.54, 1.807) is 6.20 Å². The highest BCUT2D eigenvalue weighted by Gasteiger charge is 2.26. The fourth-order valence-corrected chi connectivity index (χ4v) is 2.33. The minimum Gasteiger partial charge on any atom is -0.477 e. The van der Waals surface area contributed by atoms with E-state index in [1.165, 1.54) is 29.5 Å². The summed E-state index contributed by atoms with van der Waals surface area (Å²) in [6.07, 6.45) is 1.66. The second kappa shape index (κ2) is 5.38. The predicted octanol–water partition coefficient (Wildman–Crippen LogP) is 1.90. The van der Waals surface area contributed by atoms with Crippen LogP contribution in [0.2, 0.25) is 0 Å². The van der Waals surface area contributed by atoms with Crippen molar-refractivity contribution in [1.82, 2.24) is 15.3 Å². The molecule has 2 rings (SSSR count). The first-order valence-electron chi connectivity index (χ1n) is 5.83. The lowest BCUT2D eigenvalue weighted by Gasteiger charge is -2.23. The normalized spacial score (nSPS) is 11.1. The van der Waals surface area contributed by atoms with Crippen LogP contribution in [-0.2, 0) is 5.54 Å². The maximum absolute atomic E-state index is 12.1. The van der Waals surface area contributed by atoms with Gasteiger partial charge in [0, 0.05) is 11.6 Å². The molecule has 104 valence electrons. The van der Waals surface area contributed by atoms with Crippen LogP contribution in [0.4, 0.5) is 0 Å². The summed E-state index contributed by atoms with van der Waals surface area (Å²) in [6.45, 7) is 3.65. The molecule has 2 aromatic rings. The Hall–Kier alpha value is -2.28. The van der Waals surface area contributed by atoms with Gasteiger partial charge in [-0.2, -0.15) is 0 Å². The summed E-state index contributed by atoms with van der Waals surface area (Å²) >= 11 is 1.43. The topological polar surface area (TPSA) is 92.2 Å². The van der Waals surface area contributed by atoms with Crippen molar-refractivity contribution >= 4 is 23.2 Å². The molecule has 0 atom stereocenters. The number of aromatic carboxylic acids is 1. The van der Waals surface area contributed by atoms with E-state index in [2.05, 4.69) is 15.3 Å². The Balaban J connectivity index is 2.20. The number of aromatic nitrogens is 2. The minimum absolute atomic E-state index is 0.0644. The van der Waals surface area contributed by atoms with Gasteiger partial charge in [-0.25, -0.2) is 14.8 Å². The second-order valence-corrected chi connectivity index (χ2v) is 5.52. The minimum atomic E-state index is -1.17. The number of hydrogen-bond acceptors (Lipinski definition) is 5. The van der Waals surface area contributed by atoms with E-state index in [-0.39, 0.29) is 11.4 Å². The van der Waals surface area contributed by atoms with Gasteiger partial charge in [-0.1, -0.05) is 6.07 Å². The van der Waals surface area contributed by atoms with Crippen molar-refractivity contribution in [2.45, 2.75) is 19.4 Å². The standard InChI is InChI=1S/C13H13N3O3S/c1-13(2,12-14-6-7-20-12)16-10(17)8-4-3-5-9(15-8)11(18)19/h3-7H,1-2H3,(H,16,17)(H,18,19). The van der Waals surface area contributed by atoms with Crippen LogP contribution in [0.5, 0.6) is 0 Å². The molecule has 2 aromatic heterocycles. The number of thiazole rings is 1. The van der Waals surface area contributed by atoms with Gasteiger partial charge in [0.05, 0.1) is 5.54 Å². The van der Waals surface area contributed by atoms with Crippen LogP contribution < -0.4 is 5.32 Å². The third-order valence-corrected chi connectivity index (χ3v) is 3.69. The van der Waals surface area contributed by atoms with Crippen molar-refractivity contribution < 1.29 is 14.7 Å². The Labute approximate surface area is 119 Å². The molecule has 0 aromatic carbocycles. The summed E-state index contributed by atoms with van der Waals surface area (Å²) in [4.78, 5) is 31.0. The van der Waals surface area contributed by atoms with Crippen LogP contribution in [0.25, 0.3) is 0 Å². The third-order valence-electron chi connectivity index (χ3n) is 2.59.